The number of nitrogens with one attached hydrogen (secondary N) is 1. The SMILES string of the molecule is COC(=O)N1CC[C@@H](Nc2nc(Cl)nc3c2[S@+]([O-])CC3)C1. The summed E-state index contributed by atoms with van der Waals surface area (Å²) in [7, 11) is 1.36. The van der Waals surface area contributed by atoms with Crippen LogP contribution in [0.25, 0.3) is 0 Å². The van der Waals surface area contributed by atoms with Crippen LogP contribution in [0.15, 0.2) is 4.90 Å². The number of nitrogens with zero attached hydrogens (tertiary/aromatic N) is 3. The van der Waals surface area contributed by atoms with Gasteiger partial charge in [0, 0.05) is 25.6 Å². The van der Waals surface area contributed by atoms with Gasteiger partial charge < -0.3 is 19.5 Å². The van der Waals surface area contributed by atoms with Crippen LogP contribution in [0.1, 0.15) is 12.1 Å². The topological polar surface area (TPSA) is 90.4 Å². The minimum Gasteiger partial charge on any atom is -0.611 e. The average Bonchev–Trinajstić information content (AvgIpc) is 3.05. The maximum Gasteiger partial charge on any atom is 0.409 e. The fourth-order valence-corrected chi connectivity index (χ4v) is 4.13. The first-order chi connectivity index (χ1) is 10.1. The van der Waals surface area contributed by atoms with Crippen molar-refractivity contribution < 1.29 is 14.1 Å². The summed E-state index contributed by atoms with van der Waals surface area (Å²) >= 11 is 4.83. The number of aryl methyl sites for hydroxylation is 1. The van der Waals surface area contributed by atoms with Crippen LogP contribution in [-0.2, 0) is 22.3 Å². The third kappa shape index (κ3) is 2.88. The van der Waals surface area contributed by atoms with E-state index < -0.39 is 11.2 Å². The van der Waals surface area contributed by atoms with Crippen LogP contribution in [0.3, 0.4) is 0 Å². The molecule has 0 radical (unpaired) electrons. The Kier molecular flexibility index (Phi) is 4.10. The van der Waals surface area contributed by atoms with Crippen molar-refractivity contribution in [3.05, 3.63) is 11.0 Å². The zero-order chi connectivity index (χ0) is 15.0. The van der Waals surface area contributed by atoms with Crippen LogP contribution in [0.4, 0.5) is 10.6 Å². The van der Waals surface area contributed by atoms with E-state index in [1.807, 2.05) is 0 Å². The summed E-state index contributed by atoms with van der Waals surface area (Å²) in [6, 6.07) is 0.0387. The third-order valence-corrected chi connectivity index (χ3v) is 5.25. The van der Waals surface area contributed by atoms with E-state index in [1.165, 1.54) is 7.11 Å². The third-order valence-electron chi connectivity index (χ3n) is 3.62. The molecule has 3 heterocycles. The first kappa shape index (κ1) is 14.7. The van der Waals surface area contributed by atoms with Gasteiger partial charge in [-0.05, 0) is 29.2 Å². The molecule has 114 valence electrons. The molecule has 0 saturated carbocycles. The lowest BCUT2D eigenvalue weighted by Crippen LogP contribution is -2.31. The molecular formula is C12H15ClN4O3S. The van der Waals surface area contributed by atoms with Gasteiger partial charge in [0.1, 0.15) is 11.4 Å². The van der Waals surface area contributed by atoms with Crippen LogP contribution in [-0.4, -0.2) is 57.5 Å². The minimum absolute atomic E-state index is 0.0387. The quantitative estimate of drug-likeness (QED) is 0.644. The molecule has 1 aromatic rings. The standard InChI is InChI=1S/C12H15ClN4O3S/c1-20-12(18)17-4-2-7(6-17)14-10-9-8(3-5-21(9)19)15-11(13)16-10/h7H,2-6H2,1H3,(H,14,15,16)/t7-,21-/m1/s1. The minimum atomic E-state index is -1.09. The number of carbonyl (C=O) groups excluding carboxylic acids is 1. The lowest BCUT2D eigenvalue weighted by Gasteiger charge is -2.17. The van der Waals surface area contributed by atoms with E-state index in [2.05, 4.69) is 15.3 Å². The van der Waals surface area contributed by atoms with Gasteiger partial charge in [0.2, 0.25) is 10.2 Å². The predicted molar refractivity (Wildman–Crippen MR) is 78.0 cm³/mol. The van der Waals surface area contributed by atoms with Gasteiger partial charge in [-0.25, -0.2) is 9.78 Å². The Hall–Kier alpha value is -1.25. The fraction of sp³-hybridized carbons (Fsp3) is 0.583. The van der Waals surface area contributed by atoms with Crippen molar-refractivity contribution in [1.29, 1.82) is 0 Å². The first-order valence-electron chi connectivity index (χ1n) is 6.62. The Morgan fingerprint density at radius 2 is 2.38 bits per heavy atom. The van der Waals surface area contributed by atoms with Gasteiger partial charge in [-0.15, -0.1) is 0 Å². The molecule has 0 bridgehead atoms. The highest BCUT2D eigenvalue weighted by atomic mass is 35.5. The van der Waals surface area contributed by atoms with E-state index in [1.54, 1.807) is 4.90 Å². The lowest BCUT2D eigenvalue weighted by atomic mass is 10.2. The zero-order valence-electron chi connectivity index (χ0n) is 11.5. The number of hydrogen-bond donors (Lipinski definition) is 1. The smallest absolute Gasteiger partial charge is 0.409 e. The maximum atomic E-state index is 12.1. The van der Waals surface area contributed by atoms with Crippen LogP contribution in [0.5, 0.6) is 0 Å². The Labute approximate surface area is 130 Å². The zero-order valence-corrected chi connectivity index (χ0v) is 13.0. The van der Waals surface area contributed by atoms with Gasteiger partial charge in [0.25, 0.3) is 0 Å². The van der Waals surface area contributed by atoms with Crippen molar-refractivity contribution in [2.24, 2.45) is 0 Å². The molecule has 21 heavy (non-hydrogen) atoms. The number of methoxy groups -OCH3 is 1. The van der Waals surface area contributed by atoms with E-state index >= 15 is 0 Å². The molecule has 1 fully saturated rings. The fourth-order valence-electron chi connectivity index (χ4n) is 2.63. The molecule has 0 spiro atoms. The van der Waals surface area contributed by atoms with Crippen molar-refractivity contribution in [2.75, 3.05) is 31.3 Å². The van der Waals surface area contributed by atoms with Crippen LogP contribution in [0, 0.1) is 0 Å². The molecule has 9 heteroatoms. The van der Waals surface area contributed by atoms with Gasteiger partial charge in [-0.1, -0.05) is 0 Å². The van der Waals surface area contributed by atoms with Crippen LogP contribution < -0.4 is 5.32 Å². The number of amides is 1. The number of aromatic nitrogens is 2. The number of ether oxygens (including phenoxy) is 1. The summed E-state index contributed by atoms with van der Waals surface area (Å²) in [5.41, 5.74) is 0.749. The second-order valence-electron chi connectivity index (χ2n) is 4.96. The van der Waals surface area contributed by atoms with Crippen molar-refractivity contribution >= 4 is 34.7 Å². The molecule has 1 saturated heterocycles. The van der Waals surface area contributed by atoms with Crippen LogP contribution >= 0.6 is 11.6 Å². The Morgan fingerprint density at radius 1 is 1.57 bits per heavy atom. The summed E-state index contributed by atoms with van der Waals surface area (Å²) in [6.07, 6.45) is 1.09. The summed E-state index contributed by atoms with van der Waals surface area (Å²) in [5.74, 6) is 1.08. The number of halogens is 1. The normalized spacial score (nSPS) is 24.0. The van der Waals surface area contributed by atoms with E-state index in [0.717, 1.165) is 12.1 Å². The number of anilines is 1. The van der Waals surface area contributed by atoms with Gasteiger partial charge in [0.15, 0.2) is 5.82 Å². The van der Waals surface area contributed by atoms with Crippen molar-refractivity contribution in [3.63, 3.8) is 0 Å². The highest BCUT2D eigenvalue weighted by Gasteiger charge is 2.34. The number of fused-ring (bicyclic) bond motifs is 1. The molecule has 2 atom stereocenters. The molecule has 2 aliphatic heterocycles. The van der Waals surface area contributed by atoms with E-state index in [0.29, 0.717) is 36.0 Å². The van der Waals surface area contributed by atoms with E-state index in [-0.39, 0.29) is 17.4 Å². The highest BCUT2D eigenvalue weighted by molar-refractivity contribution is 7.91. The summed E-state index contributed by atoms with van der Waals surface area (Å²) in [6.45, 7) is 1.14. The molecule has 7 nitrogen and oxygen atoms in total. The van der Waals surface area contributed by atoms with Crippen molar-refractivity contribution in [1.82, 2.24) is 14.9 Å². The van der Waals surface area contributed by atoms with Crippen molar-refractivity contribution in [2.45, 2.75) is 23.8 Å². The Morgan fingerprint density at radius 3 is 3.14 bits per heavy atom. The van der Waals surface area contributed by atoms with Crippen molar-refractivity contribution in [3.8, 4) is 0 Å². The number of carbonyl (C=O) groups is 1. The molecular weight excluding hydrogens is 316 g/mol. The Balaban J connectivity index is 1.76. The molecule has 0 aromatic carbocycles. The number of likely N-dealkylation sites (tertiary alicyclic amines) is 1. The summed E-state index contributed by atoms with van der Waals surface area (Å²) in [4.78, 5) is 22.1. The second kappa shape index (κ2) is 5.86. The van der Waals surface area contributed by atoms with Gasteiger partial charge in [-0.3, -0.25) is 0 Å². The monoisotopic (exact) mass is 330 g/mol. The van der Waals surface area contributed by atoms with E-state index in [9.17, 15) is 9.35 Å². The largest absolute Gasteiger partial charge is 0.611 e. The molecule has 1 N–H and O–H groups in total. The molecule has 0 aliphatic carbocycles. The molecule has 1 aromatic heterocycles. The Bertz CT molecular complexity index is 574. The molecule has 0 unspecified atom stereocenters. The number of rotatable bonds is 2. The summed E-state index contributed by atoms with van der Waals surface area (Å²) < 4.78 is 16.8. The highest BCUT2D eigenvalue weighted by Crippen LogP contribution is 2.32. The van der Waals surface area contributed by atoms with Gasteiger partial charge in [0.05, 0.1) is 7.11 Å². The van der Waals surface area contributed by atoms with Crippen LogP contribution in [0.2, 0.25) is 5.28 Å². The average molecular weight is 331 g/mol. The molecule has 3 rings (SSSR count). The van der Waals surface area contributed by atoms with Gasteiger partial charge >= 0.3 is 6.09 Å². The van der Waals surface area contributed by atoms with E-state index in [4.69, 9.17) is 16.3 Å². The number of hydrogen-bond acceptors (Lipinski definition) is 6. The first-order valence-corrected chi connectivity index (χ1v) is 8.32. The predicted octanol–water partition coefficient (Wildman–Crippen LogP) is 1.05. The molecule has 1 amide bonds. The second-order valence-corrected chi connectivity index (χ2v) is 6.81. The maximum absolute atomic E-state index is 12.1. The van der Waals surface area contributed by atoms with Gasteiger partial charge in [-0.2, -0.15) is 4.98 Å². The summed E-state index contributed by atoms with van der Waals surface area (Å²) in [5, 5.41) is 3.39. The lowest BCUT2D eigenvalue weighted by molar-refractivity contribution is 0.132. The molecule has 2 aliphatic rings.